The molecule has 1 aromatic carbocycles. The minimum Gasteiger partial charge on any atom is -0.339 e. The quantitative estimate of drug-likeness (QED) is 0.559. The Kier molecular flexibility index (Phi) is 5.95. The summed E-state index contributed by atoms with van der Waals surface area (Å²) in [7, 11) is 0. The lowest BCUT2D eigenvalue weighted by Crippen LogP contribution is -2.49. The van der Waals surface area contributed by atoms with E-state index in [2.05, 4.69) is 10.00 Å². The molecule has 0 unspecified atom stereocenters. The third kappa shape index (κ3) is 4.31. The maximum Gasteiger partial charge on any atom is 0.312 e. The van der Waals surface area contributed by atoms with Crippen LogP contribution in [0.4, 0.5) is 10.1 Å². The van der Waals surface area contributed by atoms with Gasteiger partial charge >= 0.3 is 5.69 Å². The molecular weight excluding hydrogens is 389 g/mol. The fourth-order valence-corrected chi connectivity index (χ4v) is 3.61. The summed E-state index contributed by atoms with van der Waals surface area (Å²) in [5.41, 5.74) is 1.48. The molecular formula is C18H21ClFN5O3. The third-order valence-corrected chi connectivity index (χ3v) is 5.30. The Morgan fingerprint density at radius 2 is 1.96 bits per heavy atom. The van der Waals surface area contributed by atoms with Gasteiger partial charge in [-0.1, -0.05) is 17.7 Å². The van der Waals surface area contributed by atoms with E-state index in [0.717, 1.165) is 5.56 Å². The van der Waals surface area contributed by atoms with E-state index in [-0.39, 0.29) is 24.0 Å². The second-order valence-electron chi connectivity index (χ2n) is 6.83. The zero-order valence-electron chi connectivity index (χ0n) is 15.7. The fourth-order valence-electron chi connectivity index (χ4n) is 3.38. The molecule has 1 fully saturated rings. The molecule has 0 spiro atoms. The molecule has 0 N–H and O–H groups in total. The van der Waals surface area contributed by atoms with Gasteiger partial charge in [0.1, 0.15) is 23.7 Å². The second-order valence-corrected chi connectivity index (χ2v) is 7.23. The van der Waals surface area contributed by atoms with E-state index in [9.17, 15) is 19.3 Å². The number of rotatable bonds is 5. The van der Waals surface area contributed by atoms with Gasteiger partial charge in [-0.15, -0.1) is 0 Å². The van der Waals surface area contributed by atoms with Crippen LogP contribution in [-0.4, -0.2) is 56.6 Å². The van der Waals surface area contributed by atoms with Gasteiger partial charge in [0.25, 0.3) is 0 Å². The van der Waals surface area contributed by atoms with Crippen molar-refractivity contribution in [2.75, 3.05) is 26.2 Å². The molecule has 2 aromatic rings. The molecule has 0 saturated carbocycles. The summed E-state index contributed by atoms with van der Waals surface area (Å²) in [5.74, 6) is -0.492. The molecule has 3 rings (SSSR count). The molecule has 2 heterocycles. The number of aryl methyl sites for hydroxylation is 1. The van der Waals surface area contributed by atoms with Crippen molar-refractivity contribution in [1.29, 1.82) is 0 Å². The maximum atomic E-state index is 13.2. The molecule has 1 aliphatic heterocycles. The third-order valence-electron chi connectivity index (χ3n) is 4.94. The lowest BCUT2D eigenvalue weighted by molar-refractivity contribution is -0.386. The first-order valence-corrected chi connectivity index (χ1v) is 9.26. The molecule has 150 valence electrons. The summed E-state index contributed by atoms with van der Waals surface area (Å²) in [6, 6.07) is 4.35. The van der Waals surface area contributed by atoms with Gasteiger partial charge in [0, 0.05) is 37.7 Å². The highest BCUT2D eigenvalue weighted by Crippen LogP contribution is 2.22. The minimum absolute atomic E-state index is 0.0235. The summed E-state index contributed by atoms with van der Waals surface area (Å²) >= 11 is 6.08. The van der Waals surface area contributed by atoms with Gasteiger partial charge in [-0.2, -0.15) is 5.10 Å². The summed E-state index contributed by atoms with van der Waals surface area (Å²) in [4.78, 5) is 27.1. The van der Waals surface area contributed by atoms with Crippen LogP contribution in [0.1, 0.15) is 17.0 Å². The number of hydrogen-bond donors (Lipinski definition) is 0. The van der Waals surface area contributed by atoms with Crippen molar-refractivity contribution in [3.63, 3.8) is 0 Å². The number of aromatic nitrogens is 2. The van der Waals surface area contributed by atoms with Crippen molar-refractivity contribution in [3.05, 3.63) is 56.1 Å². The number of piperazine rings is 1. The Morgan fingerprint density at radius 3 is 2.54 bits per heavy atom. The van der Waals surface area contributed by atoms with Crippen LogP contribution in [-0.2, 0) is 17.9 Å². The Morgan fingerprint density at radius 1 is 1.29 bits per heavy atom. The summed E-state index contributed by atoms with van der Waals surface area (Å²) < 4.78 is 14.5. The fraction of sp³-hybridized carbons (Fsp3) is 0.444. The van der Waals surface area contributed by atoms with Gasteiger partial charge in [0.15, 0.2) is 0 Å². The van der Waals surface area contributed by atoms with E-state index in [1.54, 1.807) is 24.8 Å². The SMILES string of the molecule is Cc1nn(CC(=O)N2CCN(Cc3ccc(F)cc3Cl)CC2)c(C)c1[N+](=O)[O-]. The largest absolute Gasteiger partial charge is 0.339 e. The van der Waals surface area contributed by atoms with Gasteiger partial charge in [-0.05, 0) is 31.5 Å². The Hall–Kier alpha value is -2.52. The number of carbonyl (C=O) groups is 1. The molecule has 10 heteroatoms. The maximum absolute atomic E-state index is 13.2. The number of hydrogen-bond acceptors (Lipinski definition) is 5. The monoisotopic (exact) mass is 409 g/mol. The van der Waals surface area contributed by atoms with Crippen LogP contribution >= 0.6 is 11.6 Å². The molecule has 0 aliphatic carbocycles. The van der Waals surface area contributed by atoms with Gasteiger partial charge < -0.3 is 4.90 Å². The summed E-state index contributed by atoms with van der Waals surface area (Å²) in [6.07, 6.45) is 0. The van der Waals surface area contributed by atoms with Gasteiger partial charge in [0.2, 0.25) is 5.91 Å². The van der Waals surface area contributed by atoms with Crippen molar-refractivity contribution >= 4 is 23.2 Å². The lowest BCUT2D eigenvalue weighted by atomic mass is 10.2. The molecule has 28 heavy (non-hydrogen) atoms. The first kappa shape index (κ1) is 20.2. The van der Waals surface area contributed by atoms with Crippen LogP contribution < -0.4 is 0 Å². The van der Waals surface area contributed by atoms with Crippen LogP contribution in [0.3, 0.4) is 0 Å². The standard InChI is InChI=1S/C18H21ClFN5O3/c1-12-18(25(27)28)13(2)24(21-12)11-17(26)23-7-5-22(6-8-23)10-14-3-4-15(20)9-16(14)19/h3-4,9H,5-8,10-11H2,1-2H3. The normalized spacial score (nSPS) is 15.1. The highest BCUT2D eigenvalue weighted by Gasteiger charge is 2.26. The first-order valence-electron chi connectivity index (χ1n) is 8.88. The number of amides is 1. The van der Waals surface area contributed by atoms with Crippen LogP contribution in [0, 0.1) is 29.8 Å². The molecule has 1 aliphatic rings. The summed E-state index contributed by atoms with van der Waals surface area (Å²) in [5, 5.41) is 15.6. The van der Waals surface area contributed by atoms with E-state index >= 15 is 0 Å². The van der Waals surface area contributed by atoms with E-state index in [1.807, 2.05) is 0 Å². The highest BCUT2D eigenvalue weighted by atomic mass is 35.5. The predicted octanol–water partition coefficient (Wildman–Crippen LogP) is 2.55. The van der Waals surface area contributed by atoms with Crippen molar-refractivity contribution in [1.82, 2.24) is 19.6 Å². The summed E-state index contributed by atoms with van der Waals surface area (Å²) in [6.45, 7) is 6.13. The second kappa shape index (κ2) is 8.24. The average Bonchev–Trinajstić information content (AvgIpc) is 2.91. The first-order chi connectivity index (χ1) is 13.3. The molecule has 1 aromatic heterocycles. The molecule has 0 radical (unpaired) electrons. The number of nitrogens with zero attached hydrogens (tertiary/aromatic N) is 5. The Bertz CT molecular complexity index is 909. The van der Waals surface area contributed by atoms with E-state index in [1.165, 1.54) is 16.8 Å². The molecule has 8 nitrogen and oxygen atoms in total. The van der Waals surface area contributed by atoms with Crippen LogP contribution in [0.2, 0.25) is 5.02 Å². The zero-order chi connectivity index (χ0) is 20.4. The van der Waals surface area contributed by atoms with E-state index < -0.39 is 4.92 Å². The minimum atomic E-state index is -0.474. The van der Waals surface area contributed by atoms with Gasteiger partial charge in [-0.3, -0.25) is 24.5 Å². The number of carbonyl (C=O) groups excluding carboxylic acids is 1. The van der Waals surface area contributed by atoms with Crippen LogP contribution in [0.5, 0.6) is 0 Å². The molecule has 1 saturated heterocycles. The number of halogens is 2. The van der Waals surface area contributed by atoms with Crippen LogP contribution in [0.25, 0.3) is 0 Å². The van der Waals surface area contributed by atoms with E-state index in [4.69, 9.17) is 11.6 Å². The number of nitro groups is 1. The van der Waals surface area contributed by atoms with Crippen molar-refractivity contribution < 1.29 is 14.1 Å². The lowest BCUT2D eigenvalue weighted by Gasteiger charge is -2.35. The predicted molar refractivity (Wildman–Crippen MR) is 102 cm³/mol. The van der Waals surface area contributed by atoms with Crippen molar-refractivity contribution in [2.45, 2.75) is 26.9 Å². The van der Waals surface area contributed by atoms with E-state index in [0.29, 0.717) is 49.1 Å². The van der Waals surface area contributed by atoms with Gasteiger partial charge in [0.05, 0.1) is 4.92 Å². The van der Waals surface area contributed by atoms with Crippen molar-refractivity contribution in [3.8, 4) is 0 Å². The topological polar surface area (TPSA) is 84.5 Å². The number of benzene rings is 1. The molecule has 1 amide bonds. The highest BCUT2D eigenvalue weighted by molar-refractivity contribution is 6.31. The van der Waals surface area contributed by atoms with Crippen molar-refractivity contribution in [2.24, 2.45) is 0 Å². The van der Waals surface area contributed by atoms with Gasteiger partial charge in [-0.25, -0.2) is 4.39 Å². The van der Waals surface area contributed by atoms with Crippen LogP contribution in [0.15, 0.2) is 18.2 Å². The Labute approximate surface area is 166 Å². The zero-order valence-corrected chi connectivity index (χ0v) is 16.4. The molecule has 0 atom stereocenters. The Balaban J connectivity index is 1.57. The smallest absolute Gasteiger partial charge is 0.312 e. The molecule has 0 bridgehead atoms. The average molecular weight is 410 g/mol.